The van der Waals surface area contributed by atoms with Crippen molar-refractivity contribution in [2.45, 2.75) is 70.0 Å². The minimum Gasteiger partial charge on any atom is -0.388 e. The smallest absolute Gasteiger partial charge is 0.262 e. The van der Waals surface area contributed by atoms with Gasteiger partial charge in [0.25, 0.3) is 5.91 Å². The molecule has 0 radical (unpaired) electrons. The van der Waals surface area contributed by atoms with E-state index in [4.69, 9.17) is 9.47 Å². The van der Waals surface area contributed by atoms with Gasteiger partial charge in [-0.2, -0.15) is 5.26 Å². The van der Waals surface area contributed by atoms with E-state index in [1.165, 1.54) is 36.7 Å². The molecule has 0 saturated carbocycles. The summed E-state index contributed by atoms with van der Waals surface area (Å²) in [5, 5.41) is 53.0. The van der Waals surface area contributed by atoms with Crippen molar-refractivity contribution < 1.29 is 29.6 Å². The Morgan fingerprint density at radius 1 is 1.10 bits per heavy atom. The van der Waals surface area contributed by atoms with E-state index < -0.39 is 36.6 Å². The third kappa shape index (κ3) is 6.30. The number of rotatable bonds is 8. The summed E-state index contributed by atoms with van der Waals surface area (Å²) in [5.41, 5.74) is 3.00. The highest BCUT2D eigenvalue weighted by Gasteiger charge is 2.44. The van der Waals surface area contributed by atoms with Gasteiger partial charge in [-0.15, -0.1) is 5.10 Å². The van der Waals surface area contributed by atoms with E-state index in [-0.39, 0.29) is 18.7 Å². The number of carbonyl (C=O) groups excluding carboxylic acids is 1. The number of benzene rings is 2. The summed E-state index contributed by atoms with van der Waals surface area (Å²) in [4.78, 5) is 15.4. The molecule has 0 unspecified atom stereocenters. The van der Waals surface area contributed by atoms with Crippen molar-refractivity contribution in [3.8, 4) is 6.07 Å². The highest BCUT2D eigenvalue weighted by Crippen LogP contribution is 2.28. The van der Waals surface area contributed by atoms with E-state index in [1.54, 1.807) is 13.1 Å². The lowest BCUT2D eigenvalue weighted by atomic mass is 9.98. The number of aliphatic hydroxyl groups is 3. The van der Waals surface area contributed by atoms with Crippen LogP contribution in [0.15, 0.2) is 48.2 Å². The molecule has 42 heavy (non-hydrogen) atoms. The lowest BCUT2D eigenvalue weighted by Gasteiger charge is -2.39. The Bertz CT molecular complexity index is 1490. The number of nitriles is 1. The van der Waals surface area contributed by atoms with Crippen molar-refractivity contribution in [3.63, 3.8) is 0 Å². The van der Waals surface area contributed by atoms with Gasteiger partial charge in [0.05, 0.1) is 19.3 Å². The van der Waals surface area contributed by atoms with Crippen molar-refractivity contribution >= 4 is 27.9 Å². The van der Waals surface area contributed by atoms with E-state index in [9.17, 15) is 25.4 Å². The summed E-state index contributed by atoms with van der Waals surface area (Å²) >= 11 is 0. The third-order valence-electron chi connectivity index (χ3n) is 7.98. The Hall–Kier alpha value is -3.86. The number of hydrogen-bond acceptors (Lipinski definition) is 10. The largest absolute Gasteiger partial charge is 0.388 e. The minimum atomic E-state index is -1.45. The molecule has 2 aliphatic heterocycles. The van der Waals surface area contributed by atoms with Crippen molar-refractivity contribution in [1.82, 2.24) is 20.3 Å². The Morgan fingerprint density at radius 3 is 2.57 bits per heavy atom. The topological polar surface area (TPSA) is 166 Å². The van der Waals surface area contributed by atoms with Gasteiger partial charge in [-0.3, -0.25) is 4.79 Å². The van der Waals surface area contributed by atoms with Crippen LogP contribution >= 0.6 is 0 Å². The number of nitrogens with one attached hydrogen (secondary N) is 1. The normalized spacial score (nSPS) is 25.1. The fourth-order valence-electron chi connectivity index (χ4n) is 5.48. The van der Waals surface area contributed by atoms with Gasteiger partial charge in [0.1, 0.15) is 41.8 Å². The Kier molecular flexibility index (Phi) is 9.15. The first kappa shape index (κ1) is 29.6. The average molecular weight is 577 g/mol. The maximum atomic E-state index is 13.0. The first-order valence-corrected chi connectivity index (χ1v) is 14.1. The number of piperidine rings is 1. The van der Waals surface area contributed by atoms with Crippen LogP contribution in [0.1, 0.15) is 37.4 Å². The second-order valence-electron chi connectivity index (χ2n) is 10.8. The Labute approximate surface area is 243 Å². The summed E-state index contributed by atoms with van der Waals surface area (Å²) < 4.78 is 11.9. The van der Waals surface area contributed by atoms with Crippen LogP contribution in [0.5, 0.6) is 0 Å². The van der Waals surface area contributed by atoms with Crippen molar-refractivity contribution in [2.75, 3.05) is 25.1 Å². The standard InChI is InChI=1S/C30H36N6O6/c1-18(19-6-7-21-13-23(9-8-20(21)12-19)35-10-4-3-5-11-35)24(14-31)29(40)32-15-22-16-36(34-33-22)17-25-26(37)27(38)28(39)30(41-2)42-25/h6-9,12-13,16,25-28,30,37-39H,3-5,10-11,15,17H2,1-2H3,(H,32,40)/t25-,26-,27+,28-,30+/m1/s1. The predicted molar refractivity (Wildman–Crippen MR) is 154 cm³/mol. The van der Waals surface area contributed by atoms with Gasteiger partial charge in [-0.1, -0.05) is 23.4 Å². The van der Waals surface area contributed by atoms with Gasteiger partial charge in [-0.05, 0) is 66.3 Å². The molecule has 4 N–H and O–H groups in total. The molecule has 222 valence electrons. The fraction of sp³-hybridized carbons (Fsp3) is 0.467. The molecule has 3 heterocycles. The van der Waals surface area contributed by atoms with Crippen LogP contribution in [0.4, 0.5) is 5.69 Å². The van der Waals surface area contributed by atoms with Crippen molar-refractivity contribution in [3.05, 3.63) is 59.4 Å². The Balaban J connectivity index is 1.23. The molecule has 5 atom stereocenters. The van der Waals surface area contributed by atoms with E-state index in [0.717, 1.165) is 29.4 Å². The van der Waals surface area contributed by atoms with E-state index in [0.29, 0.717) is 11.3 Å². The minimum absolute atomic E-state index is 0.00330. The summed E-state index contributed by atoms with van der Waals surface area (Å²) in [7, 11) is 1.32. The summed E-state index contributed by atoms with van der Waals surface area (Å²) in [6.07, 6.45) is -0.954. The molecule has 2 fully saturated rings. The number of methoxy groups -OCH3 is 1. The number of fused-ring (bicyclic) bond motifs is 1. The molecule has 1 amide bonds. The van der Waals surface area contributed by atoms with Gasteiger partial charge in [0.15, 0.2) is 6.29 Å². The zero-order valence-electron chi connectivity index (χ0n) is 23.7. The van der Waals surface area contributed by atoms with Gasteiger partial charge in [0, 0.05) is 25.9 Å². The molecule has 0 aliphatic carbocycles. The van der Waals surface area contributed by atoms with Gasteiger partial charge in [0.2, 0.25) is 0 Å². The number of nitrogens with zero attached hydrogens (tertiary/aromatic N) is 5. The second-order valence-corrected chi connectivity index (χ2v) is 10.8. The number of ether oxygens (including phenoxy) is 2. The quantitative estimate of drug-likeness (QED) is 0.228. The number of carbonyl (C=O) groups is 1. The maximum Gasteiger partial charge on any atom is 0.262 e. The molecular weight excluding hydrogens is 540 g/mol. The van der Waals surface area contributed by atoms with E-state index in [1.807, 2.05) is 24.3 Å². The summed E-state index contributed by atoms with van der Waals surface area (Å²) in [6, 6.07) is 14.4. The number of anilines is 1. The van der Waals surface area contributed by atoms with Crippen LogP contribution in [0.3, 0.4) is 0 Å². The first-order chi connectivity index (χ1) is 20.3. The van der Waals surface area contributed by atoms with Crippen LogP contribution in [0, 0.1) is 11.3 Å². The maximum absolute atomic E-state index is 13.0. The SMILES string of the molecule is CO[C@H]1O[C@H](Cn2cc(CNC(=O)C(C#N)=C(C)c3ccc4cc(N5CCCCC5)ccc4c3)nn2)[C@@H](O)[C@H](O)[C@H]1O. The van der Waals surface area contributed by atoms with Gasteiger partial charge in [-0.25, -0.2) is 4.68 Å². The average Bonchev–Trinajstić information content (AvgIpc) is 3.47. The number of aromatic nitrogens is 3. The molecule has 12 heteroatoms. The van der Waals surface area contributed by atoms with Crippen LogP contribution in [0.2, 0.25) is 0 Å². The zero-order valence-corrected chi connectivity index (χ0v) is 23.7. The molecule has 5 rings (SSSR count). The first-order valence-electron chi connectivity index (χ1n) is 14.1. The van der Waals surface area contributed by atoms with E-state index >= 15 is 0 Å². The molecule has 0 bridgehead atoms. The summed E-state index contributed by atoms with van der Waals surface area (Å²) in [5.74, 6) is -0.531. The molecule has 0 spiro atoms. The lowest BCUT2D eigenvalue weighted by molar-refractivity contribution is -0.292. The molecule has 1 aromatic heterocycles. The van der Waals surface area contributed by atoms with E-state index in [2.05, 4.69) is 38.7 Å². The Morgan fingerprint density at radius 2 is 1.83 bits per heavy atom. The van der Waals surface area contributed by atoms with Crippen LogP contribution in [-0.2, 0) is 27.4 Å². The highest BCUT2D eigenvalue weighted by atomic mass is 16.7. The summed E-state index contributed by atoms with van der Waals surface area (Å²) in [6.45, 7) is 3.95. The molecule has 3 aromatic rings. The number of hydrogen-bond donors (Lipinski definition) is 4. The third-order valence-corrected chi connectivity index (χ3v) is 7.98. The van der Waals surface area contributed by atoms with Crippen molar-refractivity contribution in [1.29, 1.82) is 5.26 Å². The fourth-order valence-corrected chi connectivity index (χ4v) is 5.48. The van der Waals surface area contributed by atoms with Gasteiger partial charge < -0.3 is 35.0 Å². The van der Waals surface area contributed by atoms with Crippen LogP contribution < -0.4 is 10.2 Å². The highest BCUT2D eigenvalue weighted by molar-refractivity contribution is 6.05. The number of aliphatic hydroxyl groups excluding tert-OH is 3. The van der Waals surface area contributed by atoms with Gasteiger partial charge >= 0.3 is 0 Å². The molecular formula is C30H36N6O6. The monoisotopic (exact) mass is 576 g/mol. The molecule has 2 saturated heterocycles. The van der Waals surface area contributed by atoms with Crippen molar-refractivity contribution in [2.24, 2.45) is 0 Å². The lowest BCUT2D eigenvalue weighted by Crippen LogP contribution is -2.58. The zero-order chi connectivity index (χ0) is 29.8. The molecule has 2 aromatic carbocycles. The van der Waals surface area contributed by atoms with Crippen LogP contribution in [0.25, 0.3) is 16.3 Å². The molecule has 2 aliphatic rings. The second kappa shape index (κ2) is 13.0. The molecule has 12 nitrogen and oxygen atoms in total. The number of allylic oxidation sites excluding steroid dienone is 1. The number of amides is 1. The predicted octanol–water partition coefficient (Wildman–Crippen LogP) is 1.49. The van der Waals surface area contributed by atoms with Crippen LogP contribution in [-0.4, -0.2) is 87.1 Å².